The molecule has 0 saturated heterocycles. The highest BCUT2D eigenvalue weighted by Gasteiger charge is 2.22. The average molecular weight is 286 g/mol. The van der Waals surface area contributed by atoms with Crippen LogP contribution in [0.5, 0.6) is 5.75 Å². The lowest BCUT2D eigenvalue weighted by atomic mass is 10.1. The van der Waals surface area contributed by atoms with Gasteiger partial charge < -0.3 is 10.1 Å². The van der Waals surface area contributed by atoms with Gasteiger partial charge in [-0.2, -0.15) is 11.8 Å². The van der Waals surface area contributed by atoms with Crippen molar-refractivity contribution in [3.8, 4) is 5.75 Å². The van der Waals surface area contributed by atoms with Crippen molar-refractivity contribution in [1.82, 2.24) is 5.32 Å². The molecule has 1 aliphatic rings. The Bertz CT molecular complexity index is 399. The van der Waals surface area contributed by atoms with E-state index < -0.39 is 0 Å². The quantitative estimate of drug-likeness (QED) is 0.866. The van der Waals surface area contributed by atoms with Crippen LogP contribution in [0.2, 0.25) is 5.02 Å². The van der Waals surface area contributed by atoms with Crippen LogP contribution in [0.4, 0.5) is 0 Å². The van der Waals surface area contributed by atoms with Gasteiger partial charge in [-0.15, -0.1) is 0 Å². The molecule has 1 N–H and O–H groups in total. The third kappa shape index (κ3) is 3.81. The number of fused-ring (bicyclic) bond motifs is 1. The largest absolute Gasteiger partial charge is 0.488 e. The SMILES string of the molecule is CSCCC(C)NCC1Cc2cc(Cl)ccc2O1. The summed E-state index contributed by atoms with van der Waals surface area (Å²) in [4.78, 5) is 0. The smallest absolute Gasteiger partial charge is 0.123 e. The van der Waals surface area contributed by atoms with Gasteiger partial charge in [-0.05, 0) is 49.1 Å². The molecule has 1 aromatic rings. The summed E-state index contributed by atoms with van der Waals surface area (Å²) in [7, 11) is 0. The third-order valence-corrected chi connectivity index (χ3v) is 4.09. The molecule has 0 aliphatic carbocycles. The summed E-state index contributed by atoms with van der Waals surface area (Å²) in [5, 5.41) is 4.33. The van der Waals surface area contributed by atoms with Crippen LogP contribution in [-0.2, 0) is 6.42 Å². The maximum Gasteiger partial charge on any atom is 0.123 e. The van der Waals surface area contributed by atoms with Gasteiger partial charge in [-0.1, -0.05) is 11.6 Å². The zero-order valence-electron chi connectivity index (χ0n) is 10.9. The standard InChI is InChI=1S/C14H20ClNOS/c1-10(5-6-18-2)16-9-13-8-11-7-12(15)3-4-14(11)17-13/h3-4,7,10,13,16H,5-6,8-9H2,1-2H3. The molecule has 0 saturated carbocycles. The van der Waals surface area contributed by atoms with Gasteiger partial charge in [0.1, 0.15) is 11.9 Å². The molecule has 4 heteroatoms. The van der Waals surface area contributed by atoms with E-state index in [0.717, 1.165) is 23.7 Å². The molecule has 100 valence electrons. The number of thioether (sulfide) groups is 1. The van der Waals surface area contributed by atoms with Gasteiger partial charge >= 0.3 is 0 Å². The van der Waals surface area contributed by atoms with Gasteiger partial charge in [0.05, 0.1) is 0 Å². The van der Waals surface area contributed by atoms with Gasteiger partial charge in [0.25, 0.3) is 0 Å². The van der Waals surface area contributed by atoms with Crippen LogP contribution in [0.1, 0.15) is 18.9 Å². The van der Waals surface area contributed by atoms with E-state index in [1.807, 2.05) is 30.0 Å². The zero-order valence-corrected chi connectivity index (χ0v) is 12.5. The fourth-order valence-corrected chi connectivity index (χ4v) is 2.92. The van der Waals surface area contributed by atoms with Crippen LogP contribution in [0.3, 0.4) is 0 Å². The Morgan fingerprint density at radius 3 is 3.17 bits per heavy atom. The second kappa shape index (κ2) is 6.69. The van der Waals surface area contributed by atoms with Crippen molar-refractivity contribution in [3.05, 3.63) is 28.8 Å². The van der Waals surface area contributed by atoms with E-state index in [4.69, 9.17) is 16.3 Å². The van der Waals surface area contributed by atoms with Gasteiger partial charge in [-0.25, -0.2) is 0 Å². The monoisotopic (exact) mass is 285 g/mol. The van der Waals surface area contributed by atoms with E-state index >= 15 is 0 Å². The fraction of sp³-hybridized carbons (Fsp3) is 0.571. The summed E-state index contributed by atoms with van der Waals surface area (Å²) in [6.45, 7) is 3.14. The summed E-state index contributed by atoms with van der Waals surface area (Å²) in [6.07, 6.45) is 4.55. The van der Waals surface area contributed by atoms with Crippen LogP contribution >= 0.6 is 23.4 Å². The first-order chi connectivity index (χ1) is 8.69. The molecule has 1 aromatic carbocycles. The molecule has 2 atom stereocenters. The molecule has 2 unspecified atom stereocenters. The average Bonchev–Trinajstić information content (AvgIpc) is 2.75. The molecule has 0 bridgehead atoms. The Kier molecular flexibility index (Phi) is 5.22. The number of hydrogen-bond donors (Lipinski definition) is 1. The highest BCUT2D eigenvalue weighted by molar-refractivity contribution is 7.98. The molecule has 0 aromatic heterocycles. The van der Waals surface area contributed by atoms with Crippen molar-refractivity contribution < 1.29 is 4.74 Å². The molecular weight excluding hydrogens is 266 g/mol. The molecule has 0 radical (unpaired) electrons. The van der Waals surface area contributed by atoms with Crippen molar-refractivity contribution in [1.29, 1.82) is 0 Å². The maximum atomic E-state index is 5.98. The number of hydrogen-bond acceptors (Lipinski definition) is 3. The summed E-state index contributed by atoms with van der Waals surface area (Å²) >= 11 is 7.88. The third-order valence-electron chi connectivity index (χ3n) is 3.21. The molecule has 0 amide bonds. The summed E-state index contributed by atoms with van der Waals surface area (Å²) < 4.78 is 5.89. The topological polar surface area (TPSA) is 21.3 Å². The summed E-state index contributed by atoms with van der Waals surface area (Å²) in [5.41, 5.74) is 1.23. The number of nitrogens with one attached hydrogen (secondary N) is 1. The first-order valence-electron chi connectivity index (χ1n) is 6.36. The molecule has 2 rings (SSSR count). The Hall–Kier alpha value is -0.380. The van der Waals surface area contributed by atoms with Crippen molar-refractivity contribution in [2.75, 3.05) is 18.6 Å². The lowest BCUT2D eigenvalue weighted by Crippen LogP contribution is -2.36. The number of rotatable bonds is 6. The van der Waals surface area contributed by atoms with Crippen molar-refractivity contribution in [3.63, 3.8) is 0 Å². The van der Waals surface area contributed by atoms with Gasteiger partial charge in [-0.3, -0.25) is 0 Å². The summed E-state index contributed by atoms with van der Waals surface area (Å²) in [5.74, 6) is 2.19. The van der Waals surface area contributed by atoms with E-state index in [-0.39, 0.29) is 6.10 Å². The minimum atomic E-state index is 0.246. The Labute approximate surface area is 118 Å². The molecule has 0 fully saturated rings. The fourth-order valence-electron chi connectivity index (χ4n) is 2.13. The molecule has 0 spiro atoms. The van der Waals surface area contributed by atoms with E-state index in [0.29, 0.717) is 6.04 Å². The number of benzene rings is 1. The number of halogens is 1. The minimum Gasteiger partial charge on any atom is -0.488 e. The predicted molar refractivity (Wildman–Crippen MR) is 80.0 cm³/mol. The molecule has 1 aliphatic heterocycles. The predicted octanol–water partition coefficient (Wildman–Crippen LogP) is 3.37. The van der Waals surface area contributed by atoms with E-state index in [2.05, 4.69) is 18.5 Å². The first-order valence-corrected chi connectivity index (χ1v) is 8.13. The zero-order chi connectivity index (χ0) is 13.0. The Morgan fingerprint density at radius 2 is 2.39 bits per heavy atom. The molecule has 18 heavy (non-hydrogen) atoms. The van der Waals surface area contributed by atoms with Crippen molar-refractivity contribution in [2.24, 2.45) is 0 Å². The van der Waals surface area contributed by atoms with Crippen LogP contribution in [0.25, 0.3) is 0 Å². The Balaban J connectivity index is 1.77. The molecular formula is C14H20ClNOS. The molecule has 1 heterocycles. The lowest BCUT2D eigenvalue weighted by Gasteiger charge is -2.16. The van der Waals surface area contributed by atoms with Crippen molar-refractivity contribution in [2.45, 2.75) is 31.9 Å². The van der Waals surface area contributed by atoms with Gasteiger partial charge in [0, 0.05) is 24.0 Å². The highest BCUT2D eigenvalue weighted by atomic mass is 35.5. The highest BCUT2D eigenvalue weighted by Crippen LogP contribution is 2.30. The van der Waals surface area contributed by atoms with Gasteiger partial charge in [0.15, 0.2) is 0 Å². The van der Waals surface area contributed by atoms with Crippen LogP contribution in [0.15, 0.2) is 18.2 Å². The van der Waals surface area contributed by atoms with E-state index in [1.54, 1.807) is 0 Å². The molecule has 2 nitrogen and oxygen atoms in total. The maximum absolute atomic E-state index is 5.98. The van der Waals surface area contributed by atoms with E-state index in [1.165, 1.54) is 17.7 Å². The van der Waals surface area contributed by atoms with Gasteiger partial charge in [0.2, 0.25) is 0 Å². The Morgan fingerprint density at radius 1 is 1.56 bits per heavy atom. The van der Waals surface area contributed by atoms with Crippen LogP contribution < -0.4 is 10.1 Å². The lowest BCUT2D eigenvalue weighted by molar-refractivity contribution is 0.222. The second-order valence-corrected chi connectivity index (χ2v) is 6.21. The minimum absolute atomic E-state index is 0.246. The second-order valence-electron chi connectivity index (χ2n) is 4.79. The van der Waals surface area contributed by atoms with Crippen LogP contribution in [-0.4, -0.2) is 30.7 Å². The first kappa shape index (κ1) is 14.0. The summed E-state index contributed by atoms with van der Waals surface area (Å²) in [6, 6.07) is 6.41. The normalized spacial score (nSPS) is 19.4. The van der Waals surface area contributed by atoms with Crippen molar-refractivity contribution >= 4 is 23.4 Å². The van der Waals surface area contributed by atoms with E-state index in [9.17, 15) is 0 Å². The number of ether oxygens (including phenoxy) is 1. The van der Waals surface area contributed by atoms with Crippen LogP contribution in [0, 0.1) is 0 Å².